The summed E-state index contributed by atoms with van der Waals surface area (Å²) in [6, 6.07) is 5.89. The molecule has 132 valence electrons. The van der Waals surface area contributed by atoms with E-state index in [-0.39, 0.29) is 18.0 Å². The standard InChI is InChI=1S/C19H30N4O/c20-17(14-15-6-2-1-3-7-15)19(24)22-16-9-12-23(13-10-16)18-8-4-5-11-21-18/h4-5,8,11,15-17H,1-3,6-7,9-10,12-14,20H2,(H,22,24). The van der Waals surface area contributed by atoms with Crippen LogP contribution in [0.15, 0.2) is 24.4 Å². The molecule has 1 aromatic rings. The SMILES string of the molecule is NC(CC1CCCCC1)C(=O)NC1CCN(c2ccccn2)CC1. The Bertz CT molecular complexity index is 507. The van der Waals surface area contributed by atoms with Crippen molar-refractivity contribution in [1.82, 2.24) is 10.3 Å². The van der Waals surface area contributed by atoms with Crippen molar-refractivity contribution in [3.8, 4) is 0 Å². The summed E-state index contributed by atoms with van der Waals surface area (Å²) < 4.78 is 0. The van der Waals surface area contributed by atoms with Gasteiger partial charge in [-0.05, 0) is 37.3 Å². The Morgan fingerprint density at radius 2 is 1.96 bits per heavy atom. The third kappa shape index (κ3) is 4.69. The van der Waals surface area contributed by atoms with Crippen molar-refractivity contribution >= 4 is 11.7 Å². The molecule has 1 atom stereocenters. The minimum absolute atomic E-state index is 0.0388. The zero-order chi connectivity index (χ0) is 16.8. The van der Waals surface area contributed by atoms with Gasteiger partial charge in [0.15, 0.2) is 0 Å². The van der Waals surface area contributed by atoms with Crippen LogP contribution >= 0.6 is 0 Å². The van der Waals surface area contributed by atoms with Gasteiger partial charge in [-0.25, -0.2) is 4.98 Å². The van der Waals surface area contributed by atoms with Crippen LogP contribution in [0.2, 0.25) is 0 Å². The Hall–Kier alpha value is -1.62. The number of nitrogens with two attached hydrogens (primary N) is 1. The topological polar surface area (TPSA) is 71.2 Å². The first-order valence-corrected chi connectivity index (χ1v) is 9.44. The van der Waals surface area contributed by atoms with Gasteiger partial charge in [0.25, 0.3) is 0 Å². The summed E-state index contributed by atoms with van der Waals surface area (Å²) in [5, 5.41) is 3.17. The van der Waals surface area contributed by atoms with Gasteiger partial charge >= 0.3 is 0 Å². The van der Waals surface area contributed by atoms with Crippen LogP contribution < -0.4 is 16.0 Å². The van der Waals surface area contributed by atoms with Crippen LogP contribution in [0.25, 0.3) is 0 Å². The lowest BCUT2D eigenvalue weighted by Crippen LogP contribution is -2.50. The number of amides is 1. The number of carbonyl (C=O) groups excluding carboxylic acids is 1. The highest BCUT2D eigenvalue weighted by Gasteiger charge is 2.25. The molecule has 3 rings (SSSR count). The molecule has 2 aliphatic rings. The van der Waals surface area contributed by atoms with Gasteiger partial charge in [-0.2, -0.15) is 0 Å². The number of rotatable bonds is 5. The number of hydrogen-bond donors (Lipinski definition) is 2. The maximum Gasteiger partial charge on any atom is 0.237 e. The molecule has 2 fully saturated rings. The zero-order valence-electron chi connectivity index (χ0n) is 14.5. The van der Waals surface area contributed by atoms with Crippen LogP contribution in [0.4, 0.5) is 5.82 Å². The van der Waals surface area contributed by atoms with E-state index in [9.17, 15) is 4.79 Å². The number of anilines is 1. The van der Waals surface area contributed by atoms with Crippen molar-refractivity contribution in [2.75, 3.05) is 18.0 Å². The highest BCUT2D eigenvalue weighted by atomic mass is 16.2. The fourth-order valence-electron chi connectivity index (χ4n) is 3.99. The van der Waals surface area contributed by atoms with Gasteiger partial charge < -0.3 is 16.0 Å². The summed E-state index contributed by atoms with van der Waals surface area (Å²) in [7, 11) is 0. The summed E-state index contributed by atoms with van der Waals surface area (Å²) in [5.74, 6) is 1.71. The number of piperidine rings is 1. The predicted octanol–water partition coefficient (Wildman–Crippen LogP) is 2.46. The molecule has 2 heterocycles. The van der Waals surface area contributed by atoms with Crippen molar-refractivity contribution < 1.29 is 4.79 Å². The lowest BCUT2D eigenvalue weighted by Gasteiger charge is -2.33. The normalized spacial score (nSPS) is 21.5. The van der Waals surface area contributed by atoms with Gasteiger partial charge in [0, 0.05) is 25.3 Å². The number of carbonyl (C=O) groups is 1. The number of aromatic nitrogens is 1. The highest BCUT2D eigenvalue weighted by Crippen LogP contribution is 2.27. The fourth-order valence-corrected chi connectivity index (χ4v) is 3.99. The Kier molecular flexibility index (Phi) is 6.07. The summed E-state index contributed by atoms with van der Waals surface area (Å²) in [5.41, 5.74) is 6.15. The third-order valence-electron chi connectivity index (χ3n) is 5.46. The monoisotopic (exact) mass is 330 g/mol. The number of nitrogens with one attached hydrogen (secondary N) is 1. The van der Waals surface area contributed by atoms with E-state index < -0.39 is 0 Å². The van der Waals surface area contributed by atoms with Gasteiger partial charge in [0.1, 0.15) is 5.82 Å². The predicted molar refractivity (Wildman–Crippen MR) is 96.8 cm³/mol. The molecule has 3 N–H and O–H groups in total. The summed E-state index contributed by atoms with van der Waals surface area (Å²) in [4.78, 5) is 19.1. The van der Waals surface area contributed by atoms with E-state index in [1.165, 1.54) is 32.1 Å². The first kappa shape index (κ1) is 17.2. The molecule has 0 bridgehead atoms. The minimum Gasteiger partial charge on any atom is -0.356 e. The van der Waals surface area contributed by atoms with Crippen molar-refractivity contribution in [2.24, 2.45) is 11.7 Å². The quantitative estimate of drug-likeness (QED) is 0.870. The van der Waals surface area contributed by atoms with E-state index >= 15 is 0 Å². The molecule has 1 saturated carbocycles. The smallest absolute Gasteiger partial charge is 0.237 e. The summed E-state index contributed by atoms with van der Waals surface area (Å²) in [6.07, 6.45) is 11.0. The van der Waals surface area contributed by atoms with Crippen LogP contribution in [0.1, 0.15) is 51.4 Å². The van der Waals surface area contributed by atoms with Gasteiger partial charge in [-0.1, -0.05) is 38.2 Å². The van der Waals surface area contributed by atoms with Gasteiger partial charge in [-0.3, -0.25) is 4.79 Å². The molecule has 0 spiro atoms. The fraction of sp³-hybridized carbons (Fsp3) is 0.684. The third-order valence-corrected chi connectivity index (χ3v) is 5.46. The molecule has 24 heavy (non-hydrogen) atoms. The number of hydrogen-bond acceptors (Lipinski definition) is 4. The zero-order valence-corrected chi connectivity index (χ0v) is 14.5. The molecule has 0 radical (unpaired) electrons. The molecule has 0 aromatic carbocycles. The van der Waals surface area contributed by atoms with Gasteiger partial charge in [0.2, 0.25) is 5.91 Å². The van der Waals surface area contributed by atoms with E-state index in [2.05, 4.69) is 15.2 Å². The first-order chi connectivity index (χ1) is 11.7. The van der Waals surface area contributed by atoms with Crippen LogP contribution in [-0.4, -0.2) is 36.1 Å². The second-order valence-corrected chi connectivity index (χ2v) is 7.30. The largest absolute Gasteiger partial charge is 0.356 e. The molecule has 5 nitrogen and oxygen atoms in total. The lowest BCUT2D eigenvalue weighted by molar-refractivity contribution is -0.123. The maximum absolute atomic E-state index is 12.4. The molecule has 1 aliphatic carbocycles. The van der Waals surface area contributed by atoms with E-state index in [0.717, 1.165) is 38.2 Å². The van der Waals surface area contributed by atoms with Gasteiger partial charge in [-0.15, -0.1) is 0 Å². The highest BCUT2D eigenvalue weighted by molar-refractivity contribution is 5.81. The van der Waals surface area contributed by atoms with Gasteiger partial charge in [0.05, 0.1) is 6.04 Å². The molecular weight excluding hydrogens is 300 g/mol. The van der Waals surface area contributed by atoms with E-state index in [1.54, 1.807) is 0 Å². The number of pyridine rings is 1. The van der Waals surface area contributed by atoms with Crippen molar-refractivity contribution in [3.63, 3.8) is 0 Å². The molecule has 5 heteroatoms. The Balaban J connectivity index is 1.41. The second kappa shape index (κ2) is 8.47. The van der Waals surface area contributed by atoms with Crippen LogP contribution in [0.5, 0.6) is 0 Å². The summed E-state index contributed by atoms with van der Waals surface area (Å²) in [6.45, 7) is 1.86. The molecule has 1 aliphatic heterocycles. The molecule has 1 unspecified atom stereocenters. The van der Waals surface area contributed by atoms with E-state index in [4.69, 9.17) is 5.73 Å². The first-order valence-electron chi connectivity index (χ1n) is 9.44. The minimum atomic E-state index is -0.345. The Morgan fingerprint density at radius 1 is 1.21 bits per heavy atom. The molecular formula is C19H30N4O. The number of nitrogens with zero attached hydrogens (tertiary/aromatic N) is 2. The summed E-state index contributed by atoms with van der Waals surface area (Å²) >= 11 is 0. The van der Waals surface area contributed by atoms with Crippen molar-refractivity contribution in [3.05, 3.63) is 24.4 Å². The molecule has 1 saturated heterocycles. The van der Waals surface area contributed by atoms with Crippen molar-refractivity contribution in [1.29, 1.82) is 0 Å². The van der Waals surface area contributed by atoms with E-state index in [1.807, 2.05) is 24.4 Å². The van der Waals surface area contributed by atoms with Crippen LogP contribution in [0.3, 0.4) is 0 Å². The second-order valence-electron chi connectivity index (χ2n) is 7.30. The molecule has 1 amide bonds. The lowest BCUT2D eigenvalue weighted by atomic mass is 9.85. The average Bonchev–Trinajstić information content (AvgIpc) is 2.64. The van der Waals surface area contributed by atoms with Crippen molar-refractivity contribution in [2.45, 2.75) is 63.5 Å². The van der Waals surface area contributed by atoms with Crippen LogP contribution in [-0.2, 0) is 4.79 Å². The Morgan fingerprint density at radius 3 is 2.62 bits per heavy atom. The Labute approximate surface area is 145 Å². The van der Waals surface area contributed by atoms with E-state index in [0.29, 0.717) is 5.92 Å². The van der Waals surface area contributed by atoms with Crippen LogP contribution in [0, 0.1) is 5.92 Å². The molecule has 1 aromatic heterocycles. The average molecular weight is 330 g/mol. The maximum atomic E-state index is 12.4.